The molecule has 0 spiro atoms. The number of amides is 1. The summed E-state index contributed by atoms with van der Waals surface area (Å²) >= 11 is 0. The fourth-order valence-electron chi connectivity index (χ4n) is 2.60. The van der Waals surface area contributed by atoms with Crippen molar-refractivity contribution in [3.63, 3.8) is 0 Å². The van der Waals surface area contributed by atoms with Crippen LogP contribution < -0.4 is 10.6 Å². The third kappa shape index (κ3) is 6.92. The van der Waals surface area contributed by atoms with E-state index < -0.39 is 0 Å². The predicted molar refractivity (Wildman–Crippen MR) is 80.2 cm³/mol. The standard InChI is InChI=1S/C15H31N3O/c1-3-16-10-6-5-7-11-17-15(19)14-8-12-18(4-2)13-9-14/h14,16H,3-13H2,1-2H3,(H,17,19). The Morgan fingerprint density at radius 3 is 2.42 bits per heavy atom. The summed E-state index contributed by atoms with van der Waals surface area (Å²) < 4.78 is 0. The Morgan fingerprint density at radius 1 is 1.11 bits per heavy atom. The minimum atomic E-state index is 0.254. The van der Waals surface area contributed by atoms with Crippen molar-refractivity contribution in [1.82, 2.24) is 15.5 Å². The highest BCUT2D eigenvalue weighted by atomic mass is 16.1. The molecule has 1 heterocycles. The summed E-state index contributed by atoms with van der Waals surface area (Å²) in [5.41, 5.74) is 0. The first-order valence-electron chi connectivity index (χ1n) is 7.98. The predicted octanol–water partition coefficient (Wildman–Crippen LogP) is 1.61. The molecule has 1 amide bonds. The first kappa shape index (κ1) is 16.4. The Hall–Kier alpha value is -0.610. The van der Waals surface area contributed by atoms with Gasteiger partial charge in [0.05, 0.1) is 0 Å². The summed E-state index contributed by atoms with van der Waals surface area (Å²) in [4.78, 5) is 14.4. The Balaban J connectivity index is 1.99. The van der Waals surface area contributed by atoms with Crippen LogP contribution in [0.1, 0.15) is 46.0 Å². The van der Waals surface area contributed by atoms with Crippen LogP contribution in [0.3, 0.4) is 0 Å². The van der Waals surface area contributed by atoms with E-state index >= 15 is 0 Å². The smallest absolute Gasteiger partial charge is 0.223 e. The molecule has 1 aliphatic heterocycles. The van der Waals surface area contributed by atoms with Crippen LogP contribution in [0.15, 0.2) is 0 Å². The molecule has 0 bridgehead atoms. The van der Waals surface area contributed by atoms with Gasteiger partial charge >= 0.3 is 0 Å². The number of nitrogens with one attached hydrogen (secondary N) is 2. The van der Waals surface area contributed by atoms with E-state index in [1.807, 2.05) is 0 Å². The highest BCUT2D eigenvalue weighted by Gasteiger charge is 2.23. The first-order chi connectivity index (χ1) is 9.27. The molecular formula is C15H31N3O. The fraction of sp³-hybridized carbons (Fsp3) is 0.933. The van der Waals surface area contributed by atoms with E-state index in [1.54, 1.807) is 0 Å². The summed E-state index contributed by atoms with van der Waals surface area (Å²) in [6.07, 6.45) is 5.56. The zero-order chi connectivity index (χ0) is 13.9. The van der Waals surface area contributed by atoms with Crippen LogP contribution >= 0.6 is 0 Å². The molecule has 4 heteroatoms. The maximum absolute atomic E-state index is 12.0. The van der Waals surface area contributed by atoms with E-state index in [0.29, 0.717) is 0 Å². The molecule has 0 unspecified atom stereocenters. The van der Waals surface area contributed by atoms with Crippen LogP contribution in [-0.2, 0) is 4.79 Å². The zero-order valence-electron chi connectivity index (χ0n) is 12.7. The SMILES string of the molecule is CCNCCCCCNC(=O)C1CCN(CC)CC1. The van der Waals surface area contributed by atoms with E-state index in [-0.39, 0.29) is 11.8 Å². The highest BCUT2D eigenvalue weighted by Crippen LogP contribution is 2.16. The van der Waals surface area contributed by atoms with Crippen molar-refractivity contribution in [3.05, 3.63) is 0 Å². The number of hydrogen-bond donors (Lipinski definition) is 2. The lowest BCUT2D eigenvalue weighted by atomic mass is 9.96. The van der Waals surface area contributed by atoms with Gasteiger partial charge in [0.2, 0.25) is 5.91 Å². The molecule has 0 aromatic rings. The second kappa shape index (κ2) is 10.2. The molecule has 1 rings (SSSR count). The molecule has 0 aliphatic carbocycles. The van der Waals surface area contributed by atoms with Gasteiger partial charge in [-0.1, -0.05) is 20.3 Å². The second-order valence-electron chi connectivity index (χ2n) is 5.41. The van der Waals surface area contributed by atoms with E-state index in [4.69, 9.17) is 0 Å². The molecule has 0 saturated carbocycles. The van der Waals surface area contributed by atoms with Crippen LogP contribution in [0.25, 0.3) is 0 Å². The van der Waals surface area contributed by atoms with Gasteiger partial charge in [-0.25, -0.2) is 0 Å². The number of carbonyl (C=O) groups is 1. The van der Waals surface area contributed by atoms with Gasteiger partial charge in [-0.15, -0.1) is 0 Å². The average Bonchev–Trinajstić information content (AvgIpc) is 2.46. The number of nitrogens with zero attached hydrogens (tertiary/aromatic N) is 1. The maximum Gasteiger partial charge on any atom is 0.223 e. The lowest BCUT2D eigenvalue weighted by molar-refractivity contribution is -0.126. The lowest BCUT2D eigenvalue weighted by Crippen LogP contribution is -2.40. The summed E-state index contributed by atoms with van der Waals surface area (Å²) in [6.45, 7) is 10.6. The number of unbranched alkanes of at least 4 members (excludes halogenated alkanes) is 2. The Labute approximate surface area is 118 Å². The summed E-state index contributed by atoms with van der Waals surface area (Å²) in [5.74, 6) is 0.534. The lowest BCUT2D eigenvalue weighted by Gasteiger charge is -2.30. The monoisotopic (exact) mass is 269 g/mol. The van der Waals surface area contributed by atoms with Crippen LogP contribution in [0.2, 0.25) is 0 Å². The van der Waals surface area contributed by atoms with Crippen molar-refractivity contribution in [2.24, 2.45) is 5.92 Å². The van der Waals surface area contributed by atoms with Crippen molar-refractivity contribution in [1.29, 1.82) is 0 Å². The Morgan fingerprint density at radius 2 is 1.79 bits per heavy atom. The molecule has 0 aromatic carbocycles. The molecule has 2 N–H and O–H groups in total. The third-order valence-corrected chi connectivity index (χ3v) is 3.99. The number of hydrogen-bond acceptors (Lipinski definition) is 3. The molecule has 1 fully saturated rings. The van der Waals surface area contributed by atoms with Crippen LogP contribution in [-0.4, -0.2) is 50.1 Å². The average molecular weight is 269 g/mol. The summed E-state index contributed by atoms with van der Waals surface area (Å²) in [5, 5.41) is 6.42. The van der Waals surface area contributed by atoms with Crippen LogP contribution in [0, 0.1) is 5.92 Å². The number of piperidine rings is 1. The topological polar surface area (TPSA) is 44.4 Å². The molecule has 1 saturated heterocycles. The number of rotatable bonds is 9. The van der Waals surface area contributed by atoms with E-state index in [1.165, 1.54) is 12.8 Å². The number of likely N-dealkylation sites (tertiary alicyclic amines) is 1. The van der Waals surface area contributed by atoms with Gasteiger partial charge in [0.15, 0.2) is 0 Å². The fourth-order valence-corrected chi connectivity index (χ4v) is 2.60. The summed E-state index contributed by atoms with van der Waals surface area (Å²) in [6, 6.07) is 0. The van der Waals surface area contributed by atoms with Crippen molar-refractivity contribution in [2.45, 2.75) is 46.0 Å². The van der Waals surface area contributed by atoms with Gasteiger partial charge < -0.3 is 15.5 Å². The molecule has 4 nitrogen and oxygen atoms in total. The molecule has 1 aliphatic rings. The maximum atomic E-state index is 12.0. The van der Waals surface area contributed by atoms with Gasteiger partial charge in [0.25, 0.3) is 0 Å². The van der Waals surface area contributed by atoms with Crippen molar-refractivity contribution < 1.29 is 4.79 Å². The van der Waals surface area contributed by atoms with Crippen LogP contribution in [0.5, 0.6) is 0 Å². The van der Waals surface area contributed by atoms with Crippen LogP contribution in [0.4, 0.5) is 0 Å². The van der Waals surface area contributed by atoms with Crippen molar-refractivity contribution in [3.8, 4) is 0 Å². The highest BCUT2D eigenvalue weighted by molar-refractivity contribution is 5.78. The molecular weight excluding hydrogens is 238 g/mol. The molecule has 0 aromatic heterocycles. The normalized spacial score (nSPS) is 17.6. The van der Waals surface area contributed by atoms with E-state index in [2.05, 4.69) is 29.4 Å². The van der Waals surface area contributed by atoms with Crippen molar-refractivity contribution >= 4 is 5.91 Å². The molecule has 0 radical (unpaired) electrons. The second-order valence-corrected chi connectivity index (χ2v) is 5.41. The Kier molecular flexibility index (Phi) is 8.84. The van der Waals surface area contributed by atoms with E-state index in [9.17, 15) is 4.79 Å². The van der Waals surface area contributed by atoms with Gasteiger partial charge in [0.1, 0.15) is 0 Å². The largest absolute Gasteiger partial charge is 0.356 e. The van der Waals surface area contributed by atoms with Gasteiger partial charge in [-0.3, -0.25) is 4.79 Å². The molecule has 112 valence electrons. The van der Waals surface area contributed by atoms with Gasteiger partial charge in [-0.05, 0) is 58.4 Å². The summed E-state index contributed by atoms with van der Waals surface area (Å²) in [7, 11) is 0. The quantitative estimate of drug-likeness (QED) is 0.625. The minimum absolute atomic E-state index is 0.254. The third-order valence-electron chi connectivity index (χ3n) is 3.99. The minimum Gasteiger partial charge on any atom is -0.356 e. The van der Waals surface area contributed by atoms with Gasteiger partial charge in [-0.2, -0.15) is 0 Å². The first-order valence-corrected chi connectivity index (χ1v) is 7.98. The molecule has 19 heavy (non-hydrogen) atoms. The number of carbonyl (C=O) groups excluding carboxylic acids is 1. The molecule has 0 atom stereocenters. The van der Waals surface area contributed by atoms with Gasteiger partial charge in [0, 0.05) is 12.5 Å². The zero-order valence-corrected chi connectivity index (χ0v) is 12.7. The van der Waals surface area contributed by atoms with Crippen molar-refractivity contribution in [2.75, 3.05) is 39.3 Å². The Bertz CT molecular complexity index is 238. The van der Waals surface area contributed by atoms with E-state index in [0.717, 1.165) is 58.5 Å².